The lowest BCUT2D eigenvalue weighted by molar-refractivity contribution is -0.149. The van der Waals surface area contributed by atoms with Gasteiger partial charge in [0.25, 0.3) is 0 Å². The highest BCUT2D eigenvalue weighted by Gasteiger charge is 2.15. The van der Waals surface area contributed by atoms with Gasteiger partial charge in [0.05, 0.1) is 6.10 Å². The molecule has 0 aliphatic carbocycles. The van der Waals surface area contributed by atoms with Crippen LogP contribution < -0.4 is 11.5 Å². The van der Waals surface area contributed by atoms with E-state index in [1.54, 1.807) is 0 Å². The van der Waals surface area contributed by atoms with Gasteiger partial charge >= 0.3 is 5.97 Å². The molecule has 0 heterocycles. The Morgan fingerprint density at radius 3 is 2.36 bits per heavy atom. The van der Waals surface area contributed by atoms with Crippen LogP contribution in [0.5, 0.6) is 0 Å². The molecule has 0 amide bonds. The van der Waals surface area contributed by atoms with Crippen molar-refractivity contribution >= 4 is 18.4 Å². The fourth-order valence-corrected chi connectivity index (χ4v) is 0.946. The summed E-state index contributed by atoms with van der Waals surface area (Å²) >= 11 is 0. The van der Waals surface area contributed by atoms with Crippen LogP contribution in [-0.2, 0) is 9.53 Å². The van der Waals surface area contributed by atoms with Crippen LogP contribution in [0, 0.1) is 0 Å². The second-order valence-corrected chi connectivity index (χ2v) is 3.38. The zero-order valence-electron chi connectivity index (χ0n) is 8.86. The second-order valence-electron chi connectivity index (χ2n) is 3.38. The second kappa shape index (κ2) is 9.24. The molecule has 14 heavy (non-hydrogen) atoms. The number of unbranched alkanes of at least 4 members (excludes halogenated alkanes) is 1. The first kappa shape index (κ1) is 16.1. The Kier molecular flexibility index (Phi) is 10.6. The Labute approximate surface area is 91.8 Å². The molecule has 4 N–H and O–H groups in total. The van der Waals surface area contributed by atoms with Crippen LogP contribution in [0.3, 0.4) is 0 Å². The van der Waals surface area contributed by atoms with Gasteiger partial charge in [-0.2, -0.15) is 0 Å². The van der Waals surface area contributed by atoms with E-state index in [1.807, 2.05) is 13.8 Å². The van der Waals surface area contributed by atoms with Crippen LogP contribution in [-0.4, -0.2) is 24.7 Å². The summed E-state index contributed by atoms with van der Waals surface area (Å²) in [7, 11) is 0. The molecule has 0 fully saturated rings. The van der Waals surface area contributed by atoms with Crippen molar-refractivity contribution in [3.05, 3.63) is 0 Å². The monoisotopic (exact) mass is 224 g/mol. The molecule has 0 spiro atoms. The summed E-state index contributed by atoms with van der Waals surface area (Å²) in [5.74, 6) is -0.313. The van der Waals surface area contributed by atoms with Crippen molar-refractivity contribution in [1.29, 1.82) is 0 Å². The lowest BCUT2D eigenvalue weighted by Crippen LogP contribution is -2.33. The summed E-state index contributed by atoms with van der Waals surface area (Å²) in [5.41, 5.74) is 10.9. The summed E-state index contributed by atoms with van der Waals surface area (Å²) < 4.78 is 4.95. The third-order valence-electron chi connectivity index (χ3n) is 1.62. The van der Waals surface area contributed by atoms with Gasteiger partial charge in [-0.05, 0) is 33.2 Å². The standard InChI is InChI=1S/C9H20N2O2.ClH/c1-7(2)13-9(12)8(11)5-3-4-6-10;/h7-8H,3-6,10-11H2,1-2H3;1H/t8-;/m0./s1. The molecule has 5 heteroatoms. The van der Waals surface area contributed by atoms with E-state index in [9.17, 15) is 4.79 Å². The third-order valence-corrected chi connectivity index (χ3v) is 1.62. The van der Waals surface area contributed by atoms with Crippen molar-refractivity contribution in [2.24, 2.45) is 11.5 Å². The van der Waals surface area contributed by atoms with Gasteiger partial charge in [0.1, 0.15) is 6.04 Å². The molecule has 0 unspecified atom stereocenters. The maximum atomic E-state index is 11.2. The zero-order chi connectivity index (χ0) is 10.3. The largest absolute Gasteiger partial charge is 0.462 e. The number of carbonyl (C=O) groups is 1. The first-order valence-corrected chi connectivity index (χ1v) is 4.74. The van der Waals surface area contributed by atoms with Gasteiger partial charge in [0.15, 0.2) is 0 Å². The minimum atomic E-state index is -0.492. The van der Waals surface area contributed by atoms with Crippen molar-refractivity contribution < 1.29 is 9.53 Å². The summed E-state index contributed by atoms with van der Waals surface area (Å²) in [5, 5.41) is 0. The minimum Gasteiger partial charge on any atom is -0.462 e. The van der Waals surface area contributed by atoms with Gasteiger partial charge in [0, 0.05) is 0 Å². The van der Waals surface area contributed by atoms with Crippen LogP contribution in [0.2, 0.25) is 0 Å². The number of hydrogen-bond acceptors (Lipinski definition) is 4. The average molecular weight is 225 g/mol. The molecule has 0 rings (SSSR count). The first-order chi connectivity index (χ1) is 6.07. The van der Waals surface area contributed by atoms with Gasteiger partial charge in [-0.1, -0.05) is 6.42 Å². The molecule has 86 valence electrons. The highest BCUT2D eigenvalue weighted by molar-refractivity contribution is 5.85. The predicted molar refractivity (Wildman–Crippen MR) is 59.4 cm³/mol. The molecular formula is C9H21ClN2O2. The van der Waals surface area contributed by atoms with Crippen molar-refractivity contribution in [2.45, 2.75) is 45.3 Å². The molecule has 4 nitrogen and oxygen atoms in total. The summed E-state index contributed by atoms with van der Waals surface area (Å²) in [6, 6.07) is -0.492. The molecule has 0 bridgehead atoms. The lowest BCUT2D eigenvalue weighted by atomic mass is 10.1. The number of esters is 1. The number of hydrogen-bond donors (Lipinski definition) is 2. The Morgan fingerprint density at radius 1 is 1.36 bits per heavy atom. The number of nitrogens with two attached hydrogens (primary N) is 2. The summed E-state index contributed by atoms with van der Waals surface area (Å²) in [6.07, 6.45) is 2.35. The quantitative estimate of drug-likeness (QED) is 0.517. The number of halogens is 1. The van der Waals surface area contributed by atoms with Crippen molar-refractivity contribution in [3.63, 3.8) is 0 Å². The zero-order valence-corrected chi connectivity index (χ0v) is 9.68. The lowest BCUT2D eigenvalue weighted by Gasteiger charge is -2.13. The van der Waals surface area contributed by atoms with Crippen LogP contribution in [0.25, 0.3) is 0 Å². The van der Waals surface area contributed by atoms with Gasteiger partial charge in [-0.15, -0.1) is 12.4 Å². The predicted octanol–water partition coefficient (Wildman–Crippen LogP) is 0.816. The number of rotatable bonds is 6. The van der Waals surface area contributed by atoms with E-state index in [2.05, 4.69) is 0 Å². The molecule has 0 aromatic rings. The Balaban J connectivity index is 0. The summed E-state index contributed by atoms with van der Waals surface area (Å²) in [6.45, 7) is 4.26. The molecule has 0 aromatic heterocycles. The smallest absolute Gasteiger partial charge is 0.323 e. The number of carbonyl (C=O) groups excluding carboxylic acids is 1. The molecule has 0 aliphatic rings. The Morgan fingerprint density at radius 2 is 1.93 bits per heavy atom. The molecule has 1 atom stereocenters. The van der Waals surface area contributed by atoms with E-state index in [0.717, 1.165) is 12.8 Å². The third kappa shape index (κ3) is 8.29. The topological polar surface area (TPSA) is 78.3 Å². The van der Waals surface area contributed by atoms with Crippen LogP contribution >= 0.6 is 12.4 Å². The van der Waals surface area contributed by atoms with E-state index >= 15 is 0 Å². The van der Waals surface area contributed by atoms with E-state index in [4.69, 9.17) is 16.2 Å². The van der Waals surface area contributed by atoms with E-state index in [0.29, 0.717) is 13.0 Å². The van der Waals surface area contributed by atoms with Gasteiger partial charge in [-0.25, -0.2) is 0 Å². The van der Waals surface area contributed by atoms with Gasteiger partial charge in [-0.3, -0.25) is 4.79 Å². The molecule has 0 saturated carbocycles. The normalized spacial score (nSPS) is 12.1. The fraction of sp³-hybridized carbons (Fsp3) is 0.889. The highest BCUT2D eigenvalue weighted by atomic mass is 35.5. The van der Waals surface area contributed by atoms with Crippen LogP contribution in [0.15, 0.2) is 0 Å². The maximum Gasteiger partial charge on any atom is 0.323 e. The van der Waals surface area contributed by atoms with Crippen LogP contribution in [0.1, 0.15) is 33.1 Å². The van der Waals surface area contributed by atoms with E-state index < -0.39 is 6.04 Å². The van der Waals surface area contributed by atoms with Gasteiger partial charge < -0.3 is 16.2 Å². The highest BCUT2D eigenvalue weighted by Crippen LogP contribution is 2.01. The molecular weight excluding hydrogens is 204 g/mol. The molecule has 0 radical (unpaired) electrons. The fourth-order valence-electron chi connectivity index (χ4n) is 0.946. The molecule has 0 aromatic carbocycles. The maximum absolute atomic E-state index is 11.2. The van der Waals surface area contributed by atoms with Crippen molar-refractivity contribution in [2.75, 3.05) is 6.54 Å². The molecule has 0 saturated heterocycles. The minimum absolute atomic E-state index is 0. The SMILES string of the molecule is CC(C)OC(=O)[C@@H](N)CCCCN.Cl. The van der Waals surface area contributed by atoms with E-state index in [1.165, 1.54) is 0 Å². The van der Waals surface area contributed by atoms with Crippen LogP contribution in [0.4, 0.5) is 0 Å². The van der Waals surface area contributed by atoms with Gasteiger partial charge in [0.2, 0.25) is 0 Å². The van der Waals surface area contributed by atoms with Crippen molar-refractivity contribution in [1.82, 2.24) is 0 Å². The molecule has 0 aliphatic heterocycles. The average Bonchev–Trinajstić information content (AvgIpc) is 2.03. The Hall–Kier alpha value is -0.320. The van der Waals surface area contributed by atoms with E-state index in [-0.39, 0.29) is 24.5 Å². The van der Waals surface area contributed by atoms with Crippen molar-refractivity contribution in [3.8, 4) is 0 Å². The number of ether oxygens (including phenoxy) is 1. The first-order valence-electron chi connectivity index (χ1n) is 4.74. The summed E-state index contributed by atoms with van der Waals surface area (Å²) in [4.78, 5) is 11.2. The Bertz CT molecular complexity index is 154.